The van der Waals surface area contributed by atoms with Crippen LogP contribution in [0.3, 0.4) is 0 Å². The molecular formula is C20H36N4. The predicted octanol–water partition coefficient (Wildman–Crippen LogP) is 1.95. The molecule has 1 heterocycles. The molecule has 1 aliphatic rings. The molecule has 1 fully saturated rings. The predicted molar refractivity (Wildman–Crippen MR) is 107 cm³/mol. The van der Waals surface area contributed by atoms with E-state index in [2.05, 4.69) is 45.9 Å². The Kier molecular flexibility index (Phi) is 11.4. The number of hydrogen-bond acceptors (Lipinski definition) is 4. The first-order valence-corrected chi connectivity index (χ1v) is 9.06. The molecule has 4 heteroatoms. The third-order valence-electron chi connectivity index (χ3n) is 4.48. The lowest BCUT2D eigenvalue weighted by Gasteiger charge is -2.33. The highest BCUT2D eigenvalue weighted by atomic mass is 15.3. The van der Waals surface area contributed by atoms with Crippen molar-refractivity contribution in [2.75, 3.05) is 78.5 Å². The molecule has 0 amide bonds. The Labute approximate surface area is 149 Å². The van der Waals surface area contributed by atoms with Crippen LogP contribution >= 0.6 is 0 Å². The molecule has 24 heavy (non-hydrogen) atoms. The molecule has 0 aromatic heterocycles. The second-order valence-corrected chi connectivity index (χ2v) is 6.36. The van der Waals surface area contributed by atoms with Gasteiger partial charge in [-0.25, -0.2) is 0 Å². The Morgan fingerprint density at radius 3 is 0.708 bits per heavy atom. The van der Waals surface area contributed by atoms with E-state index in [0.717, 1.165) is 78.5 Å². The maximum Gasteiger partial charge on any atom is 0.0161 e. The highest BCUT2D eigenvalue weighted by Gasteiger charge is 2.14. The molecule has 0 unspecified atom stereocenters. The van der Waals surface area contributed by atoms with E-state index in [9.17, 15) is 0 Å². The Morgan fingerprint density at radius 1 is 0.417 bits per heavy atom. The topological polar surface area (TPSA) is 13.0 Å². The zero-order chi connectivity index (χ0) is 17.6. The van der Waals surface area contributed by atoms with E-state index >= 15 is 0 Å². The van der Waals surface area contributed by atoms with Crippen molar-refractivity contribution in [2.45, 2.75) is 0 Å². The van der Waals surface area contributed by atoms with Crippen molar-refractivity contribution < 1.29 is 0 Å². The van der Waals surface area contributed by atoms with Crippen molar-refractivity contribution in [3.8, 4) is 0 Å². The van der Waals surface area contributed by atoms with Crippen LogP contribution in [0.2, 0.25) is 0 Å². The van der Waals surface area contributed by atoms with Gasteiger partial charge in [0.25, 0.3) is 0 Å². The summed E-state index contributed by atoms with van der Waals surface area (Å²) >= 11 is 0. The number of hydrogen-bond donors (Lipinski definition) is 0. The van der Waals surface area contributed by atoms with Crippen molar-refractivity contribution in [1.82, 2.24) is 19.6 Å². The lowest BCUT2D eigenvalue weighted by Crippen LogP contribution is -2.46. The molecule has 0 aromatic carbocycles. The molecule has 0 N–H and O–H groups in total. The van der Waals surface area contributed by atoms with Crippen molar-refractivity contribution >= 4 is 0 Å². The van der Waals surface area contributed by atoms with Crippen molar-refractivity contribution in [1.29, 1.82) is 0 Å². The molecule has 136 valence electrons. The minimum atomic E-state index is 0.951. The molecule has 1 saturated heterocycles. The summed E-state index contributed by atoms with van der Waals surface area (Å²) in [6, 6.07) is 0. The van der Waals surface area contributed by atoms with Gasteiger partial charge in [-0.3, -0.25) is 19.6 Å². The summed E-state index contributed by atoms with van der Waals surface area (Å²) in [5.74, 6) is 0. The van der Waals surface area contributed by atoms with Crippen LogP contribution in [-0.2, 0) is 0 Å². The largest absolute Gasteiger partial charge is 0.297 e. The third kappa shape index (κ3) is 8.60. The van der Waals surface area contributed by atoms with Gasteiger partial charge in [-0.15, -0.1) is 26.3 Å². The van der Waals surface area contributed by atoms with E-state index in [-0.39, 0.29) is 0 Å². The molecule has 0 atom stereocenters. The molecule has 0 aromatic rings. The van der Waals surface area contributed by atoms with Gasteiger partial charge in [0.1, 0.15) is 0 Å². The SMILES string of the molecule is C=CCN1CCN(CC=C)CCN(CC=C)CCN(CC=C)CC1. The van der Waals surface area contributed by atoms with E-state index in [4.69, 9.17) is 0 Å². The first-order valence-electron chi connectivity index (χ1n) is 9.06. The quantitative estimate of drug-likeness (QED) is 0.630. The summed E-state index contributed by atoms with van der Waals surface area (Å²) in [4.78, 5) is 9.95. The standard InChI is InChI=1S/C20H36N4/c1-5-9-21-13-15-22(10-6-2)17-19-24(12-8-4)20-18-23(11-7-3)16-14-21/h5-8H,1-4,9-20H2. The summed E-state index contributed by atoms with van der Waals surface area (Å²) in [7, 11) is 0. The molecule has 0 spiro atoms. The smallest absolute Gasteiger partial charge is 0.0161 e. The molecule has 0 aliphatic carbocycles. The molecule has 1 rings (SSSR count). The van der Waals surface area contributed by atoms with Gasteiger partial charge in [-0.1, -0.05) is 24.3 Å². The fourth-order valence-corrected chi connectivity index (χ4v) is 3.04. The molecule has 4 nitrogen and oxygen atoms in total. The molecular weight excluding hydrogens is 296 g/mol. The van der Waals surface area contributed by atoms with E-state index in [1.165, 1.54) is 0 Å². The average molecular weight is 333 g/mol. The zero-order valence-corrected chi connectivity index (χ0v) is 15.4. The number of rotatable bonds is 8. The van der Waals surface area contributed by atoms with Gasteiger partial charge < -0.3 is 0 Å². The van der Waals surface area contributed by atoms with E-state index < -0.39 is 0 Å². The van der Waals surface area contributed by atoms with E-state index in [1.54, 1.807) is 0 Å². The van der Waals surface area contributed by atoms with E-state index in [0.29, 0.717) is 0 Å². The van der Waals surface area contributed by atoms with Crippen LogP contribution in [0.15, 0.2) is 50.6 Å². The summed E-state index contributed by atoms with van der Waals surface area (Å²) in [5, 5.41) is 0. The highest BCUT2D eigenvalue weighted by molar-refractivity contribution is 4.82. The lowest BCUT2D eigenvalue weighted by atomic mass is 10.3. The van der Waals surface area contributed by atoms with Crippen LogP contribution in [-0.4, -0.2) is 98.1 Å². The van der Waals surface area contributed by atoms with Crippen LogP contribution < -0.4 is 0 Å². The minimum Gasteiger partial charge on any atom is -0.297 e. The lowest BCUT2D eigenvalue weighted by molar-refractivity contribution is 0.154. The summed E-state index contributed by atoms with van der Waals surface area (Å²) in [5.41, 5.74) is 0. The first-order chi connectivity index (χ1) is 11.7. The molecule has 0 radical (unpaired) electrons. The maximum absolute atomic E-state index is 3.91. The van der Waals surface area contributed by atoms with Crippen molar-refractivity contribution in [2.24, 2.45) is 0 Å². The van der Waals surface area contributed by atoms with Gasteiger partial charge >= 0.3 is 0 Å². The minimum absolute atomic E-state index is 0.951. The third-order valence-corrected chi connectivity index (χ3v) is 4.48. The van der Waals surface area contributed by atoms with Crippen molar-refractivity contribution in [3.63, 3.8) is 0 Å². The van der Waals surface area contributed by atoms with Crippen LogP contribution in [0.25, 0.3) is 0 Å². The Bertz CT molecular complexity index is 292. The highest BCUT2D eigenvalue weighted by Crippen LogP contribution is 2.01. The fraction of sp³-hybridized carbons (Fsp3) is 0.600. The molecule has 1 aliphatic heterocycles. The second kappa shape index (κ2) is 13.1. The summed E-state index contributed by atoms with van der Waals surface area (Å²) in [6.07, 6.45) is 8.03. The zero-order valence-electron chi connectivity index (χ0n) is 15.4. The second-order valence-electron chi connectivity index (χ2n) is 6.36. The van der Waals surface area contributed by atoms with Gasteiger partial charge in [0, 0.05) is 78.5 Å². The van der Waals surface area contributed by atoms with Gasteiger partial charge in [0.2, 0.25) is 0 Å². The van der Waals surface area contributed by atoms with Gasteiger partial charge in [0.05, 0.1) is 0 Å². The maximum atomic E-state index is 3.91. The van der Waals surface area contributed by atoms with Crippen LogP contribution in [0, 0.1) is 0 Å². The van der Waals surface area contributed by atoms with E-state index in [1.807, 2.05) is 24.3 Å². The Morgan fingerprint density at radius 2 is 0.583 bits per heavy atom. The number of nitrogens with zero attached hydrogens (tertiary/aromatic N) is 4. The first kappa shape index (κ1) is 20.8. The van der Waals surface area contributed by atoms with Crippen LogP contribution in [0.4, 0.5) is 0 Å². The fourth-order valence-electron chi connectivity index (χ4n) is 3.04. The monoisotopic (exact) mass is 332 g/mol. The van der Waals surface area contributed by atoms with Gasteiger partial charge in [-0.2, -0.15) is 0 Å². The van der Waals surface area contributed by atoms with Gasteiger partial charge in [0.15, 0.2) is 0 Å². The summed E-state index contributed by atoms with van der Waals surface area (Å²) < 4.78 is 0. The average Bonchev–Trinajstić information content (AvgIpc) is 2.57. The summed E-state index contributed by atoms with van der Waals surface area (Å²) in [6.45, 7) is 28.0. The van der Waals surface area contributed by atoms with Crippen LogP contribution in [0.1, 0.15) is 0 Å². The van der Waals surface area contributed by atoms with Gasteiger partial charge in [-0.05, 0) is 0 Å². The van der Waals surface area contributed by atoms with Crippen molar-refractivity contribution in [3.05, 3.63) is 50.6 Å². The normalized spacial score (nSPS) is 20.7. The van der Waals surface area contributed by atoms with Crippen LogP contribution in [0.5, 0.6) is 0 Å². The molecule has 0 bridgehead atoms. The Balaban J connectivity index is 2.74. The molecule has 0 saturated carbocycles. The Hall–Kier alpha value is -1.20.